The summed E-state index contributed by atoms with van der Waals surface area (Å²) >= 11 is 0. The molecule has 3 rings (SSSR count). The summed E-state index contributed by atoms with van der Waals surface area (Å²) in [6, 6.07) is 14.3. The summed E-state index contributed by atoms with van der Waals surface area (Å²) in [5, 5.41) is 3.36. The van der Waals surface area contributed by atoms with E-state index in [2.05, 4.69) is 10.3 Å². The lowest BCUT2D eigenvalue weighted by Gasteiger charge is -2.17. The summed E-state index contributed by atoms with van der Waals surface area (Å²) < 4.78 is 0. The zero-order chi connectivity index (χ0) is 14.7. The van der Waals surface area contributed by atoms with Crippen LogP contribution >= 0.6 is 0 Å². The number of carbonyl (C=O) groups excluding carboxylic acids is 1. The zero-order valence-corrected chi connectivity index (χ0v) is 12.1. The van der Waals surface area contributed by atoms with Gasteiger partial charge in [-0.15, -0.1) is 0 Å². The van der Waals surface area contributed by atoms with Gasteiger partial charge in [0.15, 0.2) is 0 Å². The Morgan fingerprint density at radius 3 is 2.62 bits per heavy atom. The molecule has 0 radical (unpaired) electrons. The maximum atomic E-state index is 12.3. The fourth-order valence-corrected chi connectivity index (χ4v) is 2.19. The van der Waals surface area contributed by atoms with Crippen LogP contribution in [0.5, 0.6) is 0 Å². The van der Waals surface area contributed by atoms with E-state index in [4.69, 9.17) is 0 Å². The van der Waals surface area contributed by atoms with E-state index in [0.717, 1.165) is 11.3 Å². The number of rotatable bonds is 5. The van der Waals surface area contributed by atoms with Gasteiger partial charge in [-0.25, -0.2) is 4.98 Å². The molecule has 4 nitrogen and oxygen atoms in total. The molecular formula is C17H19N3O. The number of hydrogen-bond donors (Lipinski definition) is 1. The standard InChI is InChI=1S/C17H19N3O/c1-20(12-13-5-3-2-4-6-13)17(21)16-10-9-15(11-18-16)19-14-7-8-14/h2-6,9-11,14,19H,7-8,12H2,1H3. The Hall–Kier alpha value is -2.36. The molecule has 1 aromatic heterocycles. The van der Waals surface area contributed by atoms with Crippen molar-refractivity contribution in [2.24, 2.45) is 0 Å². The topological polar surface area (TPSA) is 45.2 Å². The fourth-order valence-electron chi connectivity index (χ4n) is 2.19. The lowest BCUT2D eigenvalue weighted by molar-refractivity contribution is 0.0779. The molecule has 1 N–H and O–H groups in total. The van der Waals surface area contributed by atoms with Crippen molar-refractivity contribution in [3.05, 3.63) is 59.9 Å². The molecule has 1 amide bonds. The quantitative estimate of drug-likeness (QED) is 0.916. The van der Waals surface area contributed by atoms with Gasteiger partial charge in [-0.3, -0.25) is 4.79 Å². The molecule has 0 spiro atoms. The van der Waals surface area contributed by atoms with Crippen LogP contribution in [0, 0.1) is 0 Å². The first-order chi connectivity index (χ1) is 10.2. The zero-order valence-electron chi connectivity index (χ0n) is 12.1. The molecule has 1 aromatic carbocycles. The van der Waals surface area contributed by atoms with Gasteiger partial charge in [-0.05, 0) is 30.5 Å². The molecule has 0 atom stereocenters. The number of amides is 1. The van der Waals surface area contributed by atoms with Crippen molar-refractivity contribution in [3.63, 3.8) is 0 Å². The number of pyridine rings is 1. The van der Waals surface area contributed by atoms with Gasteiger partial charge >= 0.3 is 0 Å². The van der Waals surface area contributed by atoms with Crippen molar-refractivity contribution in [1.82, 2.24) is 9.88 Å². The first-order valence-corrected chi connectivity index (χ1v) is 7.24. The first-order valence-electron chi connectivity index (χ1n) is 7.24. The van der Waals surface area contributed by atoms with Crippen LogP contribution in [0.2, 0.25) is 0 Å². The molecule has 1 fully saturated rings. The monoisotopic (exact) mass is 281 g/mol. The third-order valence-electron chi connectivity index (χ3n) is 3.54. The summed E-state index contributed by atoms with van der Waals surface area (Å²) in [6.45, 7) is 0.587. The molecule has 108 valence electrons. The Kier molecular flexibility index (Phi) is 3.86. The van der Waals surface area contributed by atoms with E-state index in [1.54, 1.807) is 24.2 Å². The van der Waals surface area contributed by atoms with Gasteiger partial charge in [0.2, 0.25) is 0 Å². The third kappa shape index (κ3) is 3.60. The SMILES string of the molecule is CN(Cc1ccccc1)C(=O)c1ccc(NC2CC2)cn1. The first kappa shape index (κ1) is 13.6. The lowest BCUT2D eigenvalue weighted by atomic mass is 10.2. The Bertz CT molecular complexity index is 606. The number of benzene rings is 1. The second-order valence-corrected chi connectivity index (χ2v) is 5.50. The summed E-state index contributed by atoms with van der Waals surface area (Å²) in [5.74, 6) is -0.0585. The summed E-state index contributed by atoms with van der Waals surface area (Å²) in [5.41, 5.74) is 2.58. The van der Waals surface area contributed by atoms with E-state index < -0.39 is 0 Å². The number of carbonyl (C=O) groups is 1. The van der Waals surface area contributed by atoms with E-state index in [1.165, 1.54) is 12.8 Å². The van der Waals surface area contributed by atoms with Gasteiger partial charge in [0.05, 0.1) is 11.9 Å². The minimum absolute atomic E-state index is 0.0585. The van der Waals surface area contributed by atoms with Crippen molar-refractivity contribution >= 4 is 11.6 Å². The minimum atomic E-state index is -0.0585. The third-order valence-corrected chi connectivity index (χ3v) is 3.54. The van der Waals surface area contributed by atoms with E-state index >= 15 is 0 Å². The van der Waals surface area contributed by atoms with Crippen molar-refractivity contribution in [1.29, 1.82) is 0 Å². The maximum absolute atomic E-state index is 12.3. The van der Waals surface area contributed by atoms with Crippen molar-refractivity contribution < 1.29 is 4.79 Å². The molecule has 1 aliphatic rings. The van der Waals surface area contributed by atoms with Gasteiger partial charge in [0, 0.05) is 19.6 Å². The summed E-state index contributed by atoms with van der Waals surface area (Å²) in [6.07, 6.45) is 4.18. The average Bonchev–Trinajstić information content (AvgIpc) is 3.32. The number of anilines is 1. The number of nitrogens with one attached hydrogen (secondary N) is 1. The highest BCUT2D eigenvalue weighted by Gasteiger charge is 2.21. The van der Waals surface area contributed by atoms with E-state index in [1.807, 2.05) is 36.4 Å². The van der Waals surface area contributed by atoms with Crippen LogP contribution in [-0.4, -0.2) is 28.9 Å². The second-order valence-electron chi connectivity index (χ2n) is 5.50. The average molecular weight is 281 g/mol. The number of aromatic nitrogens is 1. The Morgan fingerprint density at radius 1 is 1.24 bits per heavy atom. The van der Waals surface area contributed by atoms with Gasteiger partial charge in [-0.2, -0.15) is 0 Å². The van der Waals surface area contributed by atoms with Gasteiger partial charge in [0.25, 0.3) is 5.91 Å². The Morgan fingerprint density at radius 2 is 2.00 bits per heavy atom. The maximum Gasteiger partial charge on any atom is 0.272 e. The molecule has 0 unspecified atom stereocenters. The minimum Gasteiger partial charge on any atom is -0.381 e. The van der Waals surface area contributed by atoms with Crippen LogP contribution in [0.15, 0.2) is 48.7 Å². The normalized spacial score (nSPS) is 13.8. The lowest BCUT2D eigenvalue weighted by Crippen LogP contribution is -2.27. The molecule has 1 heterocycles. The van der Waals surface area contributed by atoms with Crippen LogP contribution in [0.1, 0.15) is 28.9 Å². The van der Waals surface area contributed by atoms with Crippen molar-refractivity contribution in [3.8, 4) is 0 Å². The van der Waals surface area contributed by atoms with E-state index in [9.17, 15) is 4.79 Å². The number of hydrogen-bond acceptors (Lipinski definition) is 3. The van der Waals surface area contributed by atoms with Crippen molar-refractivity contribution in [2.45, 2.75) is 25.4 Å². The highest BCUT2D eigenvalue weighted by atomic mass is 16.2. The van der Waals surface area contributed by atoms with Crippen LogP contribution in [0.25, 0.3) is 0 Å². The molecule has 1 saturated carbocycles. The predicted molar refractivity (Wildman–Crippen MR) is 83.1 cm³/mol. The summed E-state index contributed by atoms with van der Waals surface area (Å²) in [7, 11) is 1.80. The highest BCUT2D eigenvalue weighted by molar-refractivity contribution is 5.92. The van der Waals surface area contributed by atoms with Gasteiger partial charge in [0.1, 0.15) is 5.69 Å². The number of nitrogens with zero attached hydrogens (tertiary/aromatic N) is 2. The smallest absolute Gasteiger partial charge is 0.272 e. The van der Waals surface area contributed by atoms with Crippen LogP contribution in [-0.2, 0) is 6.54 Å². The molecule has 0 saturated heterocycles. The van der Waals surface area contributed by atoms with Gasteiger partial charge < -0.3 is 10.2 Å². The second kappa shape index (κ2) is 5.95. The van der Waals surface area contributed by atoms with E-state index in [-0.39, 0.29) is 5.91 Å². The molecule has 0 aliphatic heterocycles. The fraction of sp³-hybridized carbons (Fsp3) is 0.294. The molecule has 4 heteroatoms. The predicted octanol–water partition coefficient (Wildman–Crippen LogP) is 2.93. The van der Waals surface area contributed by atoms with Crippen molar-refractivity contribution in [2.75, 3.05) is 12.4 Å². The van der Waals surface area contributed by atoms with Crippen LogP contribution in [0.3, 0.4) is 0 Å². The van der Waals surface area contributed by atoms with Crippen LogP contribution in [0.4, 0.5) is 5.69 Å². The van der Waals surface area contributed by atoms with Crippen LogP contribution < -0.4 is 5.32 Å². The highest BCUT2D eigenvalue weighted by Crippen LogP contribution is 2.24. The molecule has 0 bridgehead atoms. The van der Waals surface area contributed by atoms with E-state index in [0.29, 0.717) is 18.3 Å². The summed E-state index contributed by atoms with van der Waals surface area (Å²) in [4.78, 5) is 18.3. The largest absolute Gasteiger partial charge is 0.381 e. The molecule has 2 aromatic rings. The molecule has 1 aliphatic carbocycles. The molecule has 21 heavy (non-hydrogen) atoms. The Labute approximate surface area is 124 Å². The van der Waals surface area contributed by atoms with Gasteiger partial charge in [-0.1, -0.05) is 30.3 Å². The molecular weight excluding hydrogens is 262 g/mol. The Balaban J connectivity index is 1.63.